The highest BCUT2D eigenvalue weighted by Crippen LogP contribution is 2.08. The van der Waals surface area contributed by atoms with E-state index in [1.807, 2.05) is 20.8 Å². The lowest BCUT2D eigenvalue weighted by Crippen LogP contribution is -2.54. The Bertz CT molecular complexity index is 570. The summed E-state index contributed by atoms with van der Waals surface area (Å²) in [5.41, 5.74) is 11.3. The molecule has 3 amide bonds. The Morgan fingerprint density at radius 3 is 2.13 bits per heavy atom. The summed E-state index contributed by atoms with van der Waals surface area (Å²) in [6.07, 6.45) is 2.90. The van der Waals surface area contributed by atoms with Crippen LogP contribution in [-0.2, 0) is 19.2 Å². The number of nitrogens with two attached hydrogens (primary N) is 2. The van der Waals surface area contributed by atoms with Gasteiger partial charge in [0.2, 0.25) is 17.7 Å². The fraction of sp³-hybridized carbons (Fsp3) is 0.800. The third-order valence-electron chi connectivity index (χ3n) is 4.86. The smallest absolute Gasteiger partial charge is 0.326 e. The van der Waals surface area contributed by atoms with Crippen molar-refractivity contribution in [2.45, 2.75) is 77.9 Å². The second kappa shape index (κ2) is 14.7. The molecule has 0 bridgehead atoms. The van der Waals surface area contributed by atoms with Crippen molar-refractivity contribution in [1.29, 1.82) is 0 Å². The summed E-state index contributed by atoms with van der Waals surface area (Å²) in [7, 11) is 0. The zero-order valence-electron chi connectivity index (χ0n) is 18.6. The molecule has 0 aliphatic heterocycles. The van der Waals surface area contributed by atoms with Gasteiger partial charge in [0.25, 0.3) is 0 Å². The van der Waals surface area contributed by atoms with E-state index in [-0.39, 0.29) is 18.4 Å². The van der Waals surface area contributed by atoms with E-state index in [1.54, 1.807) is 6.92 Å². The molecule has 0 saturated carbocycles. The molecule has 0 rings (SSSR count). The van der Waals surface area contributed by atoms with Crippen LogP contribution in [0.15, 0.2) is 0 Å². The minimum absolute atomic E-state index is 0.116. The van der Waals surface area contributed by atoms with Gasteiger partial charge in [-0.15, -0.1) is 0 Å². The Kier molecular flexibility index (Phi) is 13.7. The van der Waals surface area contributed by atoms with Crippen molar-refractivity contribution in [1.82, 2.24) is 16.0 Å². The lowest BCUT2D eigenvalue weighted by atomic mass is 9.99. The van der Waals surface area contributed by atoms with Gasteiger partial charge >= 0.3 is 5.97 Å². The van der Waals surface area contributed by atoms with Gasteiger partial charge in [-0.3, -0.25) is 14.4 Å². The minimum atomic E-state index is -1.13. The maximum Gasteiger partial charge on any atom is 0.326 e. The number of hydrogen-bond acceptors (Lipinski definition) is 6. The lowest BCUT2D eigenvalue weighted by Gasteiger charge is -2.23. The first-order valence-corrected chi connectivity index (χ1v) is 10.6. The van der Waals surface area contributed by atoms with Gasteiger partial charge in [0.1, 0.15) is 12.1 Å². The highest BCUT2D eigenvalue weighted by molar-refractivity contribution is 5.92. The van der Waals surface area contributed by atoms with Crippen molar-refractivity contribution in [3.63, 3.8) is 0 Å². The van der Waals surface area contributed by atoms with Crippen molar-refractivity contribution in [3.05, 3.63) is 0 Å². The molecule has 0 aliphatic carbocycles. The summed E-state index contributed by atoms with van der Waals surface area (Å²) in [6.45, 7) is 7.51. The third-order valence-corrected chi connectivity index (χ3v) is 4.86. The van der Waals surface area contributed by atoms with Gasteiger partial charge < -0.3 is 32.5 Å². The molecular weight excluding hydrogens is 390 g/mol. The Balaban J connectivity index is 4.81. The van der Waals surface area contributed by atoms with Gasteiger partial charge in [-0.1, -0.05) is 40.5 Å². The molecule has 0 aliphatic rings. The predicted octanol–water partition coefficient (Wildman–Crippen LogP) is -0.295. The lowest BCUT2D eigenvalue weighted by molar-refractivity contribution is -0.143. The normalized spacial score (nSPS) is 15.0. The standard InChI is InChI=1S/C20H39N5O5/c1-5-13(4)17(20(29)30)25-16(26)11-23-19(28)15(10-12(2)3)24-18(27)14(22)8-6-7-9-21/h12-15,17H,5-11,21-22H2,1-4H3,(H,23,28)(H,24,27)(H,25,26)(H,29,30). The number of carbonyl (C=O) groups excluding carboxylic acids is 3. The van der Waals surface area contributed by atoms with Gasteiger partial charge in [-0.05, 0) is 37.6 Å². The number of aliphatic carboxylic acids is 1. The van der Waals surface area contributed by atoms with Crippen LogP contribution < -0.4 is 27.4 Å². The molecule has 0 heterocycles. The number of unbranched alkanes of at least 4 members (excludes halogenated alkanes) is 1. The van der Waals surface area contributed by atoms with Crippen LogP contribution in [-0.4, -0.2) is 60.0 Å². The quantitative estimate of drug-likeness (QED) is 0.194. The first-order chi connectivity index (χ1) is 14.0. The van der Waals surface area contributed by atoms with Crippen molar-refractivity contribution >= 4 is 23.7 Å². The van der Waals surface area contributed by atoms with Crippen LogP contribution in [0, 0.1) is 11.8 Å². The van der Waals surface area contributed by atoms with Crippen LogP contribution in [0.25, 0.3) is 0 Å². The van der Waals surface area contributed by atoms with E-state index in [2.05, 4.69) is 16.0 Å². The molecule has 10 heteroatoms. The van der Waals surface area contributed by atoms with E-state index in [9.17, 15) is 24.3 Å². The Hall–Kier alpha value is -2.20. The molecule has 0 spiro atoms. The number of carbonyl (C=O) groups is 4. The molecule has 30 heavy (non-hydrogen) atoms. The molecule has 10 nitrogen and oxygen atoms in total. The van der Waals surface area contributed by atoms with Crippen LogP contribution in [0.2, 0.25) is 0 Å². The number of amides is 3. The van der Waals surface area contributed by atoms with Gasteiger partial charge in [0.05, 0.1) is 12.6 Å². The Labute approximate surface area is 178 Å². The van der Waals surface area contributed by atoms with Crippen LogP contribution >= 0.6 is 0 Å². The molecule has 8 N–H and O–H groups in total. The van der Waals surface area contributed by atoms with E-state index < -0.39 is 41.8 Å². The minimum Gasteiger partial charge on any atom is -0.480 e. The van der Waals surface area contributed by atoms with E-state index >= 15 is 0 Å². The highest BCUT2D eigenvalue weighted by Gasteiger charge is 2.27. The number of carboxylic acid groups (broad SMARTS) is 1. The molecule has 0 fully saturated rings. The van der Waals surface area contributed by atoms with Crippen LogP contribution in [0.5, 0.6) is 0 Å². The van der Waals surface area contributed by atoms with Crippen LogP contribution in [0.4, 0.5) is 0 Å². The van der Waals surface area contributed by atoms with Gasteiger partial charge in [-0.25, -0.2) is 4.79 Å². The largest absolute Gasteiger partial charge is 0.480 e. The summed E-state index contributed by atoms with van der Waals surface area (Å²) in [6, 6.07) is -2.61. The Morgan fingerprint density at radius 1 is 1.00 bits per heavy atom. The summed E-state index contributed by atoms with van der Waals surface area (Å²) in [5.74, 6) is -2.82. The average molecular weight is 430 g/mol. The second-order valence-electron chi connectivity index (χ2n) is 8.07. The molecule has 4 atom stereocenters. The average Bonchev–Trinajstić information content (AvgIpc) is 2.68. The van der Waals surface area contributed by atoms with Crippen molar-refractivity contribution < 1.29 is 24.3 Å². The summed E-state index contributed by atoms with van der Waals surface area (Å²) >= 11 is 0. The Morgan fingerprint density at radius 2 is 1.63 bits per heavy atom. The van der Waals surface area contributed by atoms with Crippen molar-refractivity contribution in [2.24, 2.45) is 23.3 Å². The molecule has 0 aromatic heterocycles. The van der Waals surface area contributed by atoms with Crippen molar-refractivity contribution in [3.8, 4) is 0 Å². The van der Waals surface area contributed by atoms with Gasteiger partial charge in [-0.2, -0.15) is 0 Å². The monoisotopic (exact) mass is 429 g/mol. The number of nitrogens with one attached hydrogen (secondary N) is 3. The molecule has 0 aromatic carbocycles. The van der Waals surface area contributed by atoms with E-state index in [0.29, 0.717) is 32.2 Å². The molecule has 0 aromatic rings. The van der Waals surface area contributed by atoms with Crippen molar-refractivity contribution in [2.75, 3.05) is 13.1 Å². The maximum absolute atomic E-state index is 12.5. The molecule has 174 valence electrons. The fourth-order valence-electron chi connectivity index (χ4n) is 2.82. The number of carboxylic acids is 1. The predicted molar refractivity (Wildman–Crippen MR) is 114 cm³/mol. The highest BCUT2D eigenvalue weighted by atomic mass is 16.4. The molecule has 0 saturated heterocycles. The first-order valence-electron chi connectivity index (χ1n) is 10.6. The molecule has 0 radical (unpaired) electrons. The van der Waals surface area contributed by atoms with Crippen LogP contribution in [0.3, 0.4) is 0 Å². The third kappa shape index (κ3) is 11.1. The number of hydrogen-bond donors (Lipinski definition) is 6. The van der Waals surface area contributed by atoms with Gasteiger partial charge in [0.15, 0.2) is 0 Å². The first kappa shape index (κ1) is 27.8. The summed E-state index contributed by atoms with van der Waals surface area (Å²) in [4.78, 5) is 48.3. The topological polar surface area (TPSA) is 177 Å². The zero-order chi connectivity index (χ0) is 23.3. The SMILES string of the molecule is CCC(C)C(NC(=O)CNC(=O)C(CC(C)C)NC(=O)C(N)CCCCN)C(=O)O. The summed E-state index contributed by atoms with van der Waals surface area (Å²) < 4.78 is 0. The van der Waals surface area contributed by atoms with E-state index in [4.69, 9.17) is 11.5 Å². The fourth-order valence-corrected chi connectivity index (χ4v) is 2.82. The zero-order valence-corrected chi connectivity index (χ0v) is 18.6. The second-order valence-corrected chi connectivity index (χ2v) is 8.07. The van der Waals surface area contributed by atoms with Gasteiger partial charge in [0, 0.05) is 0 Å². The molecular formula is C20H39N5O5. The number of rotatable bonds is 15. The van der Waals surface area contributed by atoms with Crippen LogP contribution in [0.1, 0.15) is 59.8 Å². The molecule has 4 unspecified atom stereocenters. The van der Waals surface area contributed by atoms with E-state index in [0.717, 1.165) is 6.42 Å². The maximum atomic E-state index is 12.5. The van der Waals surface area contributed by atoms with E-state index in [1.165, 1.54) is 0 Å². The summed E-state index contributed by atoms with van der Waals surface area (Å²) in [5, 5.41) is 16.8.